The maximum absolute atomic E-state index is 12.7. The zero-order chi connectivity index (χ0) is 19.4. The molecule has 0 bridgehead atoms. The van der Waals surface area contributed by atoms with E-state index in [2.05, 4.69) is 15.8 Å². The molecule has 0 amide bonds. The van der Waals surface area contributed by atoms with Gasteiger partial charge in [-0.25, -0.2) is 12.6 Å². The van der Waals surface area contributed by atoms with E-state index < -0.39 is 21.1 Å². The Morgan fingerprint density at radius 1 is 1.19 bits per heavy atom. The molecule has 3 rings (SSSR count). The topological polar surface area (TPSA) is 123 Å². The first-order chi connectivity index (χ1) is 12.9. The minimum Gasteiger partial charge on any atom is -0.358 e. The molecule has 0 radical (unpaired) electrons. The molecule has 0 spiro atoms. The summed E-state index contributed by atoms with van der Waals surface area (Å²) in [6.07, 6.45) is 2.68. The van der Waals surface area contributed by atoms with Crippen LogP contribution in [0.2, 0.25) is 0 Å². The molecule has 0 saturated heterocycles. The number of para-hydroxylation sites is 1. The van der Waals surface area contributed by atoms with Gasteiger partial charge in [-0.2, -0.15) is 5.26 Å². The number of benzene rings is 2. The smallest absolute Gasteiger partial charge is 0.261 e. The molecule has 27 heavy (non-hydrogen) atoms. The fraction of sp³-hybridized carbons (Fsp3) is 0.167. The molecule has 0 aliphatic carbocycles. The highest BCUT2D eigenvalue weighted by atomic mass is 32.2. The predicted octanol–water partition coefficient (Wildman–Crippen LogP) is 2.99. The highest BCUT2D eigenvalue weighted by molar-refractivity contribution is 7.92. The lowest BCUT2D eigenvalue weighted by Crippen LogP contribution is -2.13. The van der Waals surface area contributed by atoms with Gasteiger partial charge in [-0.1, -0.05) is 24.3 Å². The van der Waals surface area contributed by atoms with Crippen molar-refractivity contribution in [3.05, 3.63) is 59.8 Å². The first-order valence-corrected chi connectivity index (χ1v) is 10.9. The lowest BCUT2D eigenvalue weighted by molar-refractivity contribution is 0.561. The average Bonchev–Trinajstić information content (AvgIpc) is 3.06. The van der Waals surface area contributed by atoms with E-state index in [0.29, 0.717) is 35.0 Å². The van der Waals surface area contributed by atoms with Gasteiger partial charge in [0.05, 0.1) is 21.7 Å². The molecule has 3 aromatic rings. The van der Waals surface area contributed by atoms with Crippen molar-refractivity contribution in [3.8, 4) is 6.07 Å². The van der Waals surface area contributed by atoms with Crippen LogP contribution in [0.3, 0.4) is 0 Å². The summed E-state index contributed by atoms with van der Waals surface area (Å²) in [6.45, 7) is 0. The Balaban J connectivity index is 1.80. The van der Waals surface area contributed by atoms with E-state index in [1.165, 1.54) is 18.3 Å². The summed E-state index contributed by atoms with van der Waals surface area (Å²) >= 11 is -1.82. The molecule has 0 fully saturated rings. The van der Waals surface area contributed by atoms with Crippen molar-refractivity contribution in [2.75, 3.05) is 10.5 Å². The molecule has 2 aromatic carbocycles. The molecular weight excluding hydrogens is 386 g/mol. The quantitative estimate of drug-likeness (QED) is 0.523. The first kappa shape index (κ1) is 19.1. The van der Waals surface area contributed by atoms with E-state index in [1.54, 1.807) is 30.3 Å². The van der Waals surface area contributed by atoms with Crippen molar-refractivity contribution < 1.29 is 17.2 Å². The number of H-pyrrole nitrogens is 1. The zero-order valence-electron chi connectivity index (χ0n) is 14.2. The third-order valence-electron chi connectivity index (χ3n) is 4.10. The van der Waals surface area contributed by atoms with Crippen LogP contribution in [0.15, 0.2) is 53.6 Å². The Morgan fingerprint density at radius 2 is 1.93 bits per heavy atom. The van der Waals surface area contributed by atoms with Crippen LogP contribution in [0, 0.1) is 11.3 Å². The lowest BCUT2D eigenvalue weighted by Gasteiger charge is -2.10. The molecule has 9 heteroatoms. The van der Waals surface area contributed by atoms with E-state index in [1.807, 2.05) is 0 Å². The summed E-state index contributed by atoms with van der Waals surface area (Å²) in [7, 11) is -3.79. The SMILES string of the molecule is N#Cc1c[nH]c2c(NS(=O)(=O)c3ccc(CCCS(=O)O)cc3)cccc12. The van der Waals surface area contributed by atoms with Crippen LogP contribution in [-0.2, 0) is 27.5 Å². The second-order valence-corrected chi connectivity index (χ2v) is 8.65. The highest BCUT2D eigenvalue weighted by Gasteiger charge is 2.16. The van der Waals surface area contributed by atoms with Crippen LogP contribution in [0.1, 0.15) is 17.5 Å². The van der Waals surface area contributed by atoms with Gasteiger partial charge in [0.25, 0.3) is 10.0 Å². The molecule has 0 saturated carbocycles. The monoisotopic (exact) mass is 403 g/mol. The molecular formula is C18H17N3O4S2. The van der Waals surface area contributed by atoms with Gasteiger partial charge in [-0.15, -0.1) is 0 Å². The van der Waals surface area contributed by atoms with Crippen LogP contribution >= 0.6 is 0 Å². The van der Waals surface area contributed by atoms with E-state index in [-0.39, 0.29) is 10.6 Å². The second-order valence-electron chi connectivity index (χ2n) is 5.92. The first-order valence-electron chi connectivity index (χ1n) is 8.10. The van der Waals surface area contributed by atoms with Crippen molar-refractivity contribution in [3.63, 3.8) is 0 Å². The molecule has 3 N–H and O–H groups in total. The minimum absolute atomic E-state index is 0.112. The van der Waals surface area contributed by atoms with E-state index in [4.69, 9.17) is 9.81 Å². The number of anilines is 1. The largest absolute Gasteiger partial charge is 0.358 e. The van der Waals surface area contributed by atoms with Crippen molar-refractivity contribution in [2.45, 2.75) is 17.7 Å². The number of fused-ring (bicyclic) bond motifs is 1. The molecule has 1 aromatic heterocycles. The number of nitrogens with zero attached hydrogens (tertiary/aromatic N) is 1. The maximum atomic E-state index is 12.7. The Hall–Kier alpha value is -2.67. The summed E-state index contributed by atoms with van der Waals surface area (Å²) in [4.78, 5) is 3.04. The summed E-state index contributed by atoms with van der Waals surface area (Å²) in [5.74, 6) is 0.187. The van der Waals surface area contributed by atoms with Gasteiger partial charge >= 0.3 is 0 Å². The third-order valence-corrected chi connectivity index (χ3v) is 6.12. The summed E-state index contributed by atoms with van der Waals surface area (Å²) in [6, 6.07) is 13.5. The number of aryl methyl sites for hydroxylation is 1. The van der Waals surface area contributed by atoms with E-state index in [9.17, 15) is 12.6 Å². The summed E-state index contributed by atoms with van der Waals surface area (Å²) in [5, 5.41) is 9.75. The minimum atomic E-state index is -3.79. The van der Waals surface area contributed by atoms with E-state index in [0.717, 1.165) is 5.56 Å². The third kappa shape index (κ3) is 4.36. The normalized spacial score (nSPS) is 12.6. The van der Waals surface area contributed by atoms with Gasteiger partial charge in [0.1, 0.15) is 6.07 Å². The second kappa shape index (κ2) is 7.92. The molecule has 1 unspecified atom stereocenters. The maximum Gasteiger partial charge on any atom is 0.261 e. The van der Waals surface area contributed by atoms with Crippen molar-refractivity contribution in [2.24, 2.45) is 0 Å². The van der Waals surface area contributed by atoms with Gasteiger partial charge < -0.3 is 9.54 Å². The lowest BCUT2D eigenvalue weighted by atomic mass is 10.1. The predicted molar refractivity (Wildman–Crippen MR) is 104 cm³/mol. The van der Waals surface area contributed by atoms with Gasteiger partial charge in [-0.3, -0.25) is 4.72 Å². The fourth-order valence-electron chi connectivity index (χ4n) is 2.77. The van der Waals surface area contributed by atoms with Gasteiger partial charge in [0, 0.05) is 17.3 Å². The average molecular weight is 403 g/mol. The molecule has 0 aliphatic heterocycles. The van der Waals surface area contributed by atoms with Crippen LogP contribution in [0.5, 0.6) is 0 Å². The van der Waals surface area contributed by atoms with Crippen molar-refractivity contribution in [1.82, 2.24) is 4.98 Å². The number of nitriles is 1. The molecule has 1 heterocycles. The number of aromatic nitrogens is 1. The number of hydrogen-bond donors (Lipinski definition) is 3. The number of sulfonamides is 1. The molecule has 1 atom stereocenters. The Kier molecular flexibility index (Phi) is 5.60. The fourth-order valence-corrected chi connectivity index (χ4v) is 4.23. The van der Waals surface area contributed by atoms with Crippen LogP contribution in [-0.4, -0.2) is 27.9 Å². The van der Waals surface area contributed by atoms with Gasteiger partial charge in [0.2, 0.25) is 0 Å². The number of aromatic amines is 1. The Labute approximate surface area is 159 Å². The zero-order valence-corrected chi connectivity index (χ0v) is 15.8. The summed E-state index contributed by atoms with van der Waals surface area (Å²) in [5.41, 5.74) is 2.25. The van der Waals surface area contributed by atoms with Gasteiger partial charge in [0.15, 0.2) is 11.1 Å². The van der Waals surface area contributed by atoms with Crippen molar-refractivity contribution in [1.29, 1.82) is 5.26 Å². The number of hydrogen-bond acceptors (Lipinski definition) is 4. The Bertz CT molecular complexity index is 1130. The number of rotatable bonds is 7. The standard InChI is InChI=1S/C18H17N3O4S2/c19-11-14-12-20-18-16(14)4-1-5-17(18)21-27(24,25)15-8-6-13(7-9-15)3-2-10-26(22)23/h1,4-9,12,20-21H,2-3,10H2,(H,22,23). The van der Waals surface area contributed by atoms with Crippen LogP contribution < -0.4 is 4.72 Å². The van der Waals surface area contributed by atoms with Crippen LogP contribution in [0.25, 0.3) is 10.9 Å². The molecule has 140 valence electrons. The molecule has 7 nitrogen and oxygen atoms in total. The van der Waals surface area contributed by atoms with Crippen molar-refractivity contribution >= 4 is 37.7 Å². The Morgan fingerprint density at radius 3 is 2.59 bits per heavy atom. The molecule has 0 aliphatic rings. The van der Waals surface area contributed by atoms with Crippen LogP contribution in [0.4, 0.5) is 5.69 Å². The van der Waals surface area contributed by atoms with Gasteiger partial charge in [-0.05, 0) is 36.6 Å². The summed E-state index contributed by atoms with van der Waals surface area (Å²) < 4.78 is 47.3. The highest BCUT2D eigenvalue weighted by Crippen LogP contribution is 2.27. The van der Waals surface area contributed by atoms with E-state index >= 15 is 0 Å². The number of nitrogens with one attached hydrogen (secondary N) is 2.